The minimum absolute atomic E-state index is 0. The summed E-state index contributed by atoms with van der Waals surface area (Å²) in [7, 11) is 4.12. The number of fused-ring (bicyclic) bond motifs is 1. The molecule has 0 bridgehead atoms. The monoisotopic (exact) mass is 687 g/mol. The van der Waals surface area contributed by atoms with Crippen LogP contribution in [0, 0.1) is 5.92 Å². The number of carbonyl (C=O) groups is 1. The van der Waals surface area contributed by atoms with E-state index in [1.807, 2.05) is 7.05 Å². The van der Waals surface area contributed by atoms with Crippen molar-refractivity contribution in [2.24, 2.45) is 11.0 Å². The summed E-state index contributed by atoms with van der Waals surface area (Å²) in [6.07, 6.45) is 15.0. The molecule has 8 heteroatoms. The molecule has 2 N–H and O–H groups in total. The Labute approximate surface area is 242 Å². The van der Waals surface area contributed by atoms with E-state index in [1.54, 1.807) is 0 Å². The van der Waals surface area contributed by atoms with E-state index in [-0.39, 0.29) is 25.7 Å². The molecule has 5 rings (SSSR count). The van der Waals surface area contributed by atoms with E-state index >= 15 is 0 Å². The number of benzene rings is 1. The zero-order chi connectivity index (χ0) is 26.7. The minimum Gasteiger partial charge on any atom is -0.455 e. The van der Waals surface area contributed by atoms with Crippen molar-refractivity contribution >= 4 is 24.0 Å². The first-order valence-electron chi connectivity index (χ1n) is 13.2. The fraction of sp³-hybridized carbons (Fsp3) is 0.433. The summed E-state index contributed by atoms with van der Waals surface area (Å²) in [5, 5.41) is 11.6. The van der Waals surface area contributed by atoms with Crippen LogP contribution in [0.3, 0.4) is 0 Å². The third-order valence-corrected chi connectivity index (χ3v) is 7.03. The Morgan fingerprint density at radius 1 is 1.18 bits per heavy atom. The number of aldehydes is 1. The number of rotatable bonds is 5. The van der Waals surface area contributed by atoms with Crippen LogP contribution in [0.25, 0.3) is 0 Å². The van der Waals surface area contributed by atoms with E-state index in [9.17, 15) is 4.79 Å². The quantitative estimate of drug-likeness (QED) is 0.214. The van der Waals surface area contributed by atoms with Crippen molar-refractivity contribution in [2.45, 2.75) is 32.6 Å². The Morgan fingerprint density at radius 3 is 2.39 bits per heavy atom. The number of piperazine rings is 1. The third-order valence-electron chi connectivity index (χ3n) is 7.03. The third kappa shape index (κ3) is 8.28. The molecule has 4 aliphatic rings. The van der Waals surface area contributed by atoms with E-state index in [4.69, 9.17) is 9.90 Å². The number of allylic oxidation sites excluding steroid dienone is 7. The minimum atomic E-state index is 0. The number of likely N-dealkylation sites (N-methyl/N-ethyl adjacent to an activating group) is 2. The molecule has 3 heterocycles. The van der Waals surface area contributed by atoms with Gasteiger partial charge in [-0.05, 0) is 68.1 Å². The predicted molar refractivity (Wildman–Crippen MR) is 153 cm³/mol. The largest absolute Gasteiger partial charge is 0.455 e. The molecular formula is C30H41N5O2W. The molecule has 2 atom stereocenters. The van der Waals surface area contributed by atoms with Gasteiger partial charge in [-0.2, -0.15) is 4.59 Å². The average Bonchev–Trinajstić information content (AvgIpc) is 3.24. The van der Waals surface area contributed by atoms with E-state index in [1.165, 1.54) is 30.3 Å². The Bertz CT molecular complexity index is 1060. The van der Waals surface area contributed by atoms with Gasteiger partial charge >= 0.3 is 0 Å². The molecule has 38 heavy (non-hydrogen) atoms. The smallest absolute Gasteiger partial charge is 0.161 e. The Morgan fingerprint density at radius 2 is 1.87 bits per heavy atom. The maximum Gasteiger partial charge on any atom is 0.161 e. The van der Waals surface area contributed by atoms with Crippen LogP contribution >= 0.6 is 0 Å². The normalized spacial score (nSPS) is 24.0. The van der Waals surface area contributed by atoms with Crippen LogP contribution in [0.15, 0.2) is 77.2 Å². The fourth-order valence-electron chi connectivity index (χ4n) is 4.77. The summed E-state index contributed by atoms with van der Waals surface area (Å²) in [6, 6.07) is 8.47. The van der Waals surface area contributed by atoms with E-state index < -0.39 is 0 Å². The molecule has 7 nitrogen and oxygen atoms in total. The van der Waals surface area contributed by atoms with Crippen LogP contribution < -0.4 is 15.2 Å². The van der Waals surface area contributed by atoms with Crippen molar-refractivity contribution in [2.75, 3.05) is 46.8 Å². The standard InChI is InChI=1S/C22H25N3O.C5H12N2.C3H4O.W/c1-16-12-13-23-22-20(15-26)25(2,24-21(16)22)19-10-8-18(9-11-19)14-17-6-4-3-5-7-17;1-7-4-2-6-3-5-7;1-2-3-4;/h4,6-11,16,23H,3,5,12-14H2,1-2H3;6H,2-5H2,1H3;2-3H,1H2;. The summed E-state index contributed by atoms with van der Waals surface area (Å²) >= 11 is 0. The van der Waals surface area contributed by atoms with Crippen molar-refractivity contribution in [3.05, 3.63) is 77.7 Å². The molecule has 1 aromatic rings. The second kappa shape index (κ2) is 15.8. The maximum absolute atomic E-state index is 11.8. The van der Waals surface area contributed by atoms with Gasteiger partial charge in [0.1, 0.15) is 13.3 Å². The Hall–Kier alpha value is -2.44. The van der Waals surface area contributed by atoms with Gasteiger partial charge in [-0.25, -0.2) is 0 Å². The zero-order valence-corrected chi connectivity index (χ0v) is 25.8. The van der Waals surface area contributed by atoms with Crippen LogP contribution in [-0.2, 0) is 37.1 Å². The Balaban J connectivity index is 0.000000355. The van der Waals surface area contributed by atoms with Gasteiger partial charge in [0.15, 0.2) is 5.69 Å². The van der Waals surface area contributed by atoms with Gasteiger partial charge < -0.3 is 20.3 Å². The topological polar surface area (TPSA) is 73.8 Å². The van der Waals surface area contributed by atoms with Crippen LogP contribution in [0.2, 0.25) is 0 Å². The molecule has 2 fully saturated rings. The summed E-state index contributed by atoms with van der Waals surface area (Å²) in [5.41, 5.74) is 6.10. The first-order chi connectivity index (χ1) is 17.9. The molecule has 0 spiro atoms. The first kappa shape index (κ1) is 31.8. The van der Waals surface area contributed by atoms with Gasteiger partial charge in [0.2, 0.25) is 0 Å². The van der Waals surface area contributed by atoms with Crippen molar-refractivity contribution in [3.63, 3.8) is 0 Å². The van der Waals surface area contributed by atoms with E-state index in [2.05, 4.69) is 84.9 Å². The molecule has 204 valence electrons. The van der Waals surface area contributed by atoms with Gasteiger partial charge in [0.25, 0.3) is 0 Å². The second-order valence-electron chi connectivity index (χ2n) is 9.91. The second-order valence-corrected chi connectivity index (χ2v) is 9.91. The van der Waals surface area contributed by atoms with Crippen molar-refractivity contribution in [1.82, 2.24) is 20.1 Å². The van der Waals surface area contributed by atoms with Crippen molar-refractivity contribution in [3.8, 4) is 0 Å². The van der Waals surface area contributed by atoms with Gasteiger partial charge in [-0.1, -0.05) is 49.0 Å². The molecule has 2 saturated heterocycles. The van der Waals surface area contributed by atoms with Gasteiger partial charge in [-0.15, -0.1) is 0 Å². The number of quaternary nitrogens is 1. The maximum atomic E-state index is 11.8. The number of nitrogens with zero attached hydrogens (tertiary/aromatic N) is 3. The first-order valence-corrected chi connectivity index (χ1v) is 13.2. The number of hydrogen-bond acceptors (Lipinski definition) is 6. The average molecular weight is 688 g/mol. The van der Waals surface area contributed by atoms with E-state index in [0.717, 1.165) is 62.4 Å². The summed E-state index contributed by atoms with van der Waals surface area (Å²) in [5.74, 6) is 0.360. The molecule has 1 aliphatic carbocycles. The number of hydrogen-bond donors (Lipinski definition) is 2. The predicted octanol–water partition coefficient (Wildman–Crippen LogP) is 3.65. The summed E-state index contributed by atoms with van der Waals surface area (Å²) < 4.78 is 0.147. The van der Waals surface area contributed by atoms with E-state index in [0.29, 0.717) is 17.9 Å². The molecule has 3 aliphatic heterocycles. The van der Waals surface area contributed by atoms with Crippen LogP contribution in [0.4, 0.5) is 5.69 Å². The van der Waals surface area contributed by atoms with Crippen molar-refractivity contribution in [1.29, 1.82) is 0 Å². The molecule has 0 radical (unpaired) electrons. The summed E-state index contributed by atoms with van der Waals surface area (Å²) in [4.78, 5) is 23.1. The number of nitrogens with one attached hydrogen (secondary N) is 2. The molecule has 0 aromatic heterocycles. The zero-order valence-electron chi connectivity index (χ0n) is 22.9. The van der Waals surface area contributed by atoms with Crippen LogP contribution in [0.1, 0.15) is 31.7 Å². The SMILES string of the molecule is C=CC=O.CC1CCNC2=C([C-]=O)[N+](C)(c3ccc(CC4=CCCC=C4)cc3)N=C21.CN1CCNCC1.[W]. The van der Waals surface area contributed by atoms with Crippen LogP contribution in [-0.4, -0.2) is 70.0 Å². The van der Waals surface area contributed by atoms with Gasteiger partial charge in [0.05, 0.1) is 12.0 Å². The molecule has 2 unspecified atom stereocenters. The Kier molecular flexibility index (Phi) is 13.2. The molecule has 1 aromatic carbocycles. The number of carbonyl (C=O) groups excluding carboxylic acids is 2. The summed E-state index contributed by atoms with van der Waals surface area (Å²) in [6.45, 7) is 10.9. The fourth-order valence-corrected chi connectivity index (χ4v) is 4.77. The van der Waals surface area contributed by atoms with Gasteiger partial charge in [0, 0.05) is 65.1 Å². The molecule has 0 saturated carbocycles. The molecule has 0 amide bonds. The van der Waals surface area contributed by atoms with Crippen molar-refractivity contribution < 1.29 is 30.7 Å². The molecular weight excluding hydrogens is 646 g/mol. The van der Waals surface area contributed by atoms with Crippen LogP contribution in [0.5, 0.6) is 0 Å². The van der Waals surface area contributed by atoms with Gasteiger partial charge in [-0.3, -0.25) is 4.79 Å². The number of piperidine rings is 1.